The maximum absolute atomic E-state index is 11.4. The molecule has 0 aliphatic carbocycles. The highest BCUT2D eigenvalue weighted by molar-refractivity contribution is 5.98. The molecule has 1 unspecified atom stereocenters. The van der Waals surface area contributed by atoms with Crippen LogP contribution in [0.2, 0.25) is 0 Å². The number of nitrogens with one attached hydrogen (secondary N) is 1. The zero-order valence-electron chi connectivity index (χ0n) is 11.7. The van der Waals surface area contributed by atoms with E-state index in [9.17, 15) is 4.79 Å². The minimum absolute atomic E-state index is 0.297. The van der Waals surface area contributed by atoms with Crippen molar-refractivity contribution in [2.75, 3.05) is 23.3 Å². The third-order valence-corrected chi connectivity index (χ3v) is 3.76. The molecule has 3 N–H and O–H groups in total. The SMILES string of the molecule is NC(=O)c1cnccc1NC1CCN(c2ccccc2)C1. The Bertz CT molecular complexity index is 629. The number of para-hydroxylation sites is 1. The van der Waals surface area contributed by atoms with Gasteiger partial charge in [0.2, 0.25) is 0 Å². The molecule has 1 aliphatic heterocycles. The van der Waals surface area contributed by atoms with E-state index in [0.29, 0.717) is 11.6 Å². The first-order valence-electron chi connectivity index (χ1n) is 7.04. The Morgan fingerprint density at radius 3 is 2.86 bits per heavy atom. The van der Waals surface area contributed by atoms with Crippen LogP contribution in [0.15, 0.2) is 48.8 Å². The van der Waals surface area contributed by atoms with E-state index in [2.05, 4.69) is 27.3 Å². The molecule has 2 heterocycles. The number of anilines is 2. The van der Waals surface area contributed by atoms with E-state index in [1.807, 2.05) is 18.2 Å². The van der Waals surface area contributed by atoms with Crippen molar-refractivity contribution in [3.63, 3.8) is 0 Å². The first-order valence-corrected chi connectivity index (χ1v) is 7.04. The number of carbonyl (C=O) groups is 1. The maximum Gasteiger partial charge on any atom is 0.252 e. The molecule has 0 radical (unpaired) electrons. The summed E-state index contributed by atoms with van der Waals surface area (Å²) in [4.78, 5) is 17.7. The van der Waals surface area contributed by atoms with Gasteiger partial charge in [0.25, 0.3) is 5.91 Å². The maximum atomic E-state index is 11.4. The quantitative estimate of drug-likeness (QED) is 0.898. The molecule has 1 aromatic carbocycles. The van der Waals surface area contributed by atoms with E-state index < -0.39 is 5.91 Å². The summed E-state index contributed by atoms with van der Waals surface area (Å²) in [6.45, 7) is 1.91. The van der Waals surface area contributed by atoms with Crippen LogP contribution in [0.4, 0.5) is 11.4 Å². The standard InChI is InChI=1S/C16H18N4O/c17-16(21)14-10-18-8-6-15(14)19-12-7-9-20(11-12)13-4-2-1-3-5-13/h1-6,8,10,12H,7,9,11H2,(H2,17,21)(H,18,19). The molecule has 5 nitrogen and oxygen atoms in total. The second kappa shape index (κ2) is 5.83. The number of amides is 1. The van der Waals surface area contributed by atoms with Gasteiger partial charge in [-0.1, -0.05) is 18.2 Å². The van der Waals surface area contributed by atoms with Crippen molar-refractivity contribution in [3.8, 4) is 0 Å². The lowest BCUT2D eigenvalue weighted by atomic mass is 10.2. The van der Waals surface area contributed by atoms with Crippen molar-refractivity contribution in [3.05, 3.63) is 54.4 Å². The summed E-state index contributed by atoms with van der Waals surface area (Å²) >= 11 is 0. The molecule has 108 valence electrons. The molecule has 1 fully saturated rings. The van der Waals surface area contributed by atoms with Gasteiger partial charge in [-0.15, -0.1) is 0 Å². The number of hydrogen-bond acceptors (Lipinski definition) is 4. The average Bonchev–Trinajstić information content (AvgIpc) is 2.97. The number of aromatic nitrogens is 1. The third-order valence-electron chi connectivity index (χ3n) is 3.76. The second-order valence-electron chi connectivity index (χ2n) is 5.20. The van der Waals surface area contributed by atoms with Gasteiger partial charge in [0.05, 0.1) is 11.3 Å². The highest BCUT2D eigenvalue weighted by Crippen LogP contribution is 2.23. The average molecular weight is 282 g/mol. The summed E-state index contributed by atoms with van der Waals surface area (Å²) in [6, 6.07) is 12.4. The highest BCUT2D eigenvalue weighted by atomic mass is 16.1. The Morgan fingerprint density at radius 2 is 2.10 bits per heavy atom. The number of primary amides is 1. The molecule has 0 spiro atoms. The van der Waals surface area contributed by atoms with Crippen LogP contribution in [0, 0.1) is 0 Å². The van der Waals surface area contributed by atoms with Crippen LogP contribution >= 0.6 is 0 Å². The van der Waals surface area contributed by atoms with Gasteiger partial charge in [-0.2, -0.15) is 0 Å². The molecule has 0 bridgehead atoms. The molecule has 0 saturated carbocycles. The summed E-state index contributed by atoms with van der Waals surface area (Å²) in [5.41, 5.74) is 7.81. The Hall–Kier alpha value is -2.56. The van der Waals surface area contributed by atoms with E-state index in [1.54, 1.807) is 12.3 Å². The fraction of sp³-hybridized carbons (Fsp3) is 0.250. The fourth-order valence-electron chi connectivity index (χ4n) is 2.69. The minimum Gasteiger partial charge on any atom is -0.380 e. The van der Waals surface area contributed by atoms with Crippen molar-refractivity contribution in [2.45, 2.75) is 12.5 Å². The second-order valence-corrected chi connectivity index (χ2v) is 5.20. The summed E-state index contributed by atoms with van der Waals surface area (Å²) in [5.74, 6) is -0.455. The normalized spacial score (nSPS) is 17.7. The van der Waals surface area contributed by atoms with Crippen LogP contribution < -0.4 is 16.0 Å². The number of nitrogens with two attached hydrogens (primary N) is 1. The Kier molecular flexibility index (Phi) is 3.73. The Morgan fingerprint density at radius 1 is 1.29 bits per heavy atom. The Balaban J connectivity index is 1.69. The number of nitrogens with zero attached hydrogens (tertiary/aromatic N) is 2. The molecule has 3 rings (SSSR count). The summed E-state index contributed by atoms with van der Waals surface area (Å²) in [7, 11) is 0. The fourth-order valence-corrected chi connectivity index (χ4v) is 2.69. The van der Waals surface area contributed by atoms with Gasteiger partial charge in [-0.3, -0.25) is 9.78 Å². The number of benzene rings is 1. The molecule has 1 amide bonds. The van der Waals surface area contributed by atoms with Gasteiger partial charge in [-0.25, -0.2) is 0 Å². The van der Waals surface area contributed by atoms with Crippen LogP contribution in [-0.2, 0) is 0 Å². The lowest BCUT2D eigenvalue weighted by Gasteiger charge is -2.20. The topological polar surface area (TPSA) is 71.2 Å². The molecular weight excluding hydrogens is 264 g/mol. The van der Waals surface area contributed by atoms with Crippen LogP contribution in [0.1, 0.15) is 16.8 Å². The van der Waals surface area contributed by atoms with Crippen molar-refractivity contribution >= 4 is 17.3 Å². The van der Waals surface area contributed by atoms with Crippen molar-refractivity contribution in [2.24, 2.45) is 5.73 Å². The van der Waals surface area contributed by atoms with E-state index in [1.165, 1.54) is 11.9 Å². The van der Waals surface area contributed by atoms with E-state index in [0.717, 1.165) is 25.2 Å². The molecule has 2 aromatic rings. The predicted octanol–water partition coefficient (Wildman–Crippen LogP) is 1.87. The third kappa shape index (κ3) is 2.97. The lowest BCUT2D eigenvalue weighted by molar-refractivity contribution is 0.100. The number of carbonyl (C=O) groups excluding carboxylic acids is 1. The van der Waals surface area contributed by atoms with Crippen molar-refractivity contribution in [1.29, 1.82) is 0 Å². The van der Waals surface area contributed by atoms with Gasteiger partial charge in [0, 0.05) is 37.2 Å². The van der Waals surface area contributed by atoms with Crippen LogP contribution in [-0.4, -0.2) is 30.0 Å². The monoisotopic (exact) mass is 282 g/mol. The minimum atomic E-state index is -0.455. The highest BCUT2D eigenvalue weighted by Gasteiger charge is 2.23. The first kappa shape index (κ1) is 13.4. The number of pyridine rings is 1. The largest absolute Gasteiger partial charge is 0.380 e. The summed E-state index contributed by atoms with van der Waals surface area (Å²) in [6.07, 6.45) is 4.20. The van der Waals surface area contributed by atoms with Gasteiger partial charge in [-0.05, 0) is 24.6 Å². The van der Waals surface area contributed by atoms with Gasteiger partial charge in [0.1, 0.15) is 0 Å². The summed E-state index contributed by atoms with van der Waals surface area (Å²) < 4.78 is 0. The van der Waals surface area contributed by atoms with Crippen LogP contribution in [0.25, 0.3) is 0 Å². The predicted molar refractivity (Wildman–Crippen MR) is 83.4 cm³/mol. The molecule has 1 aromatic heterocycles. The smallest absolute Gasteiger partial charge is 0.252 e. The Labute approximate surface area is 123 Å². The zero-order valence-corrected chi connectivity index (χ0v) is 11.7. The van der Waals surface area contributed by atoms with Crippen molar-refractivity contribution in [1.82, 2.24) is 4.98 Å². The van der Waals surface area contributed by atoms with E-state index in [4.69, 9.17) is 5.73 Å². The van der Waals surface area contributed by atoms with E-state index in [-0.39, 0.29) is 0 Å². The lowest BCUT2D eigenvalue weighted by Crippen LogP contribution is -2.27. The molecular formula is C16H18N4O. The molecule has 5 heteroatoms. The molecule has 1 saturated heterocycles. The molecule has 1 atom stereocenters. The van der Waals surface area contributed by atoms with E-state index >= 15 is 0 Å². The van der Waals surface area contributed by atoms with Gasteiger partial charge < -0.3 is 16.0 Å². The summed E-state index contributed by atoms with van der Waals surface area (Å²) in [5, 5.41) is 3.41. The van der Waals surface area contributed by atoms with Crippen LogP contribution in [0.3, 0.4) is 0 Å². The van der Waals surface area contributed by atoms with Gasteiger partial charge >= 0.3 is 0 Å². The molecule has 21 heavy (non-hydrogen) atoms. The molecule has 1 aliphatic rings. The first-order chi connectivity index (χ1) is 10.2. The van der Waals surface area contributed by atoms with Gasteiger partial charge in [0.15, 0.2) is 0 Å². The van der Waals surface area contributed by atoms with Crippen LogP contribution in [0.5, 0.6) is 0 Å². The number of rotatable bonds is 4. The zero-order chi connectivity index (χ0) is 14.7. The van der Waals surface area contributed by atoms with Crippen molar-refractivity contribution < 1.29 is 4.79 Å². The number of hydrogen-bond donors (Lipinski definition) is 2.